The lowest BCUT2D eigenvalue weighted by atomic mass is 9.95. The highest BCUT2D eigenvalue weighted by Crippen LogP contribution is 2.21. The fourth-order valence-corrected chi connectivity index (χ4v) is 2.66. The molecule has 110 valence electrons. The van der Waals surface area contributed by atoms with Crippen molar-refractivity contribution in [3.63, 3.8) is 0 Å². The number of hydrogen-bond acceptors (Lipinski definition) is 5. The van der Waals surface area contributed by atoms with Gasteiger partial charge in [0.15, 0.2) is 0 Å². The minimum absolute atomic E-state index is 0.555. The fourth-order valence-electron chi connectivity index (χ4n) is 2.66. The summed E-state index contributed by atoms with van der Waals surface area (Å²) in [6.45, 7) is 0.681. The molecule has 1 aliphatic rings. The molecule has 5 nitrogen and oxygen atoms in total. The Balaban J connectivity index is 1.57. The molecule has 0 atom stereocenters. The molecule has 1 saturated carbocycles. The van der Waals surface area contributed by atoms with E-state index >= 15 is 0 Å². The van der Waals surface area contributed by atoms with Crippen molar-refractivity contribution in [3.8, 4) is 0 Å². The number of anilines is 2. The molecule has 2 heterocycles. The Morgan fingerprint density at radius 1 is 1.10 bits per heavy atom. The van der Waals surface area contributed by atoms with E-state index in [9.17, 15) is 0 Å². The Labute approximate surface area is 125 Å². The van der Waals surface area contributed by atoms with E-state index in [0.29, 0.717) is 18.5 Å². The van der Waals surface area contributed by atoms with E-state index in [1.807, 2.05) is 24.4 Å². The molecule has 1 aliphatic carbocycles. The van der Waals surface area contributed by atoms with E-state index in [-0.39, 0.29) is 0 Å². The molecule has 2 aromatic heterocycles. The quantitative estimate of drug-likeness (QED) is 0.882. The lowest BCUT2D eigenvalue weighted by Gasteiger charge is -2.23. The highest BCUT2D eigenvalue weighted by molar-refractivity contribution is 5.40. The summed E-state index contributed by atoms with van der Waals surface area (Å²) in [5.74, 6) is 1.56. The topological polar surface area (TPSA) is 62.7 Å². The van der Waals surface area contributed by atoms with Crippen LogP contribution in [0.25, 0.3) is 0 Å². The molecule has 0 bridgehead atoms. The SMILES string of the molecule is c1cncc(CNc2nccc(NC3CCCCC3)n2)c1. The summed E-state index contributed by atoms with van der Waals surface area (Å²) in [5.41, 5.74) is 1.12. The molecule has 1 fully saturated rings. The van der Waals surface area contributed by atoms with Crippen LogP contribution < -0.4 is 10.6 Å². The van der Waals surface area contributed by atoms with Gasteiger partial charge >= 0.3 is 0 Å². The van der Waals surface area contributed by atoms with Crippen molar-refractivity contribution in [2.24, 2.45) is 0 Å². The number of nitrogens with one attached hydrogen (secondary N) is 2. The van der Waals surface area contributed by atoms with Gasteiger partial charge in [0.25, 0.3) is 0 Å². The van der Waals surface area contributed by atoms with Crippen molar-refractivity contribution in [1.82, 2.24) is 15.0 Å². The summed E-state index contributed by atoms with van der Waals surface area (Å²) in [7, 11) is 0. The Hall–Kier alpha value is -2.17. The molecule has 0 saturated heterocycles. The van der Waals surface area contributed by atoms with Crippen LogP contribution in [0.4, 0.5) is 11.8 Å². The van der Waals surface area contributed by atoms with E-state index in [1.54, 1.807) is 12.4 Å². The van der Waals surface area contributed by atoms with E-state index in [0.717, 1.165) is 11.4 Å². The summed E-state index contributed by atoms with van der Waals surface area (Å²) in [5, 5.41) is 6.75. The Morgan fingerprint density at radius 3 is 2.81 bits per heavy atom. The largest absolute Gasteiger partial charge is 0.367 e. The summed E-state index contributed by atoms with van der Waals surface area (Å²) in [6.07, 6.45) is 11.9. The van der Waals surface area contributed by atoms with Crippen LogP contribution in [0.3, 0.4) is 0 Å². The average molecular weight is 283 g/mol. The van der Waals surface area contributed by atoms with Crippen molar-refractivity contribution < 1.29 is 0 Å². The van der Waals surface area contributed by atoms with Crippen molar-refractivity contribution in [3.05, 3.63) is 42.4 Å². The Morgan fingerprint density at radius 2 is 2.00 bits per heavy atom. The average Bonchev–Trinajstić information content (AvgIpc) is 2.55. The number of nitrogens with zero attached hydrogens (tertiary/aromatic N) is 3. The van der Waals surface area contributed by atoms with Gasteiger partial charge in [-0.2, -0.15) is 4.98 Å². The minimum atomic E-state index is 0.555. The van der Waals surface area contributed by atoms with E-state index in [1.165, 1.54) is 32.1 Å². The van der Waals surface area contributed by atoms with Crippen LogP contribution in [0.2, 0.25) is 0 Å². The van der Waals surface area contributed by atoms with Gasteiger partial charge in [-0.15, -0.1) is 0 Å². The van der Waals surface area contributed by atoms with Gasteiger partial charge in [-0.3, -0.25) is 4.98 Å². The molecule has 0 aromatic carbocycles. The lowest BCUT2D eigenvalue weighted by molar-refractivity contribution is 0.462. The zero-order valence-electron chi connectivity index (χ0n) is 12.1. The maximum absolute atomic E-state index is 4.53. The third kappa shape index (κ3) is 4.15. The van der Waals surface area contributed by atoms with Crippen LogP contribution >= 0.6 is 0 Å². The summed E-state index contributed by atoms with van der Waals surface area (Å²) in [6, 6.07) is 6.45. The van der Waals surface area contributed by atoms with Gasteiger partial charge in [0, 0.05) is 31.2 Å². The molecule has 5 heteroatoms. The number of rotatable bonds is 5. The lowest BCUT2D eigenvalue weighted by Crippen LogP contribution is -2.23. The maximum atomic E-state index is 4.53. The normalized spacial score (nSPS) is 15.6. The number of pyridine rings is 1. The van der Waals surface area contributed by atoms with Crippen LogP contribution in [0, 0.1) is 0 Å². The number of hydrogen-bond donors (Lipinski definition) is 2. The van der Waals surface area contributed by atoms with Crippen molar-refractivity contribution in [1.29, 1.82) is 0 Å². The highest BCUT2D eigenvalue weighted by atomic mass is 15.1. The van der Waals surface area contributed by atoms with Crippen LogP contribution in [0.15, 0.2) is 36.8 Å². The first-order valence-corrected chi connectivity index (χ1v) is 7.62. The summed E-state index contributed by atoms with van der Waals surface area (Å²) in [4.78, 5) is 12.9. The molecule has 2 N–H and O–H groups in total. The minimum Gasteiger partial charge on any atom is -0.367 e. The van der Waals surface area contributed by atoms with Crippen LogP contribution in [0.5, 0.6) is 0 Å². The third-order valence-corrected chi connectivity index (χ3v) is 3.79. The van der Waals surface area contributed by atoms with Crippen molar-refractivity contribution in [2.75, 3.05) is 10.6 Å². The molecule has 3 rings (SSSR count). The zero-order valence-corrected chi connectivity index (χ0v) is 12.1. The van der Waals surface area contributed by atoms with Crippen LogP contribution in [0.1, 0.15) is 37.7 Å². The number of aromatic nitrogens is 3. The van der Waals surface area contributed by atoms with Gasteiger partial charge in [-0.1, -0.05) is 25.3 Å². The zero-order chi connectivity index (χ0) is 14.3. The standard InChI is InChI=1S/C16H21N5/c1-2-6-14(7-3-1)20-15-8-10-18-16(21-15)19-12-13-5-4-9-17-11-13/h4-5,8-11,14H,1-3,6-7,12H2,(H2,18,19,20,21). The van der Waals surface area contributed by atoms with Gasteiger partial charge in [0.1, 0.15) is 5.82 Å². The van der Waals surface area contributed by atoms with Crippen LogP contribution in [-0.4, -0.2) is 21.0 Å². The second kappa shape index (κ2) is 7.02. The first kappa shape index (κ1) is 13.8. The molecule has 2 aromatic rings. The fraction of sp³-hybridized carbons (Fsp3) is 0.438. The predicted octanol–water partition coefficient (Wildman–Crippen LogP) is 3.23. The van der Waals surface area contributed by atoms with Gasteiger partial charge in [-0.05, 0) is 30.5 Å². The molecular weight excluding hydrogens is 262 g/mol. The van der Waals surface area contributed by atoms with E-state index in [4.69, 9.17) is 0 Å². The maximum Gasteiger partial charge on any atom is 0.224 e. The second-order valence-electron chi connectivity index (χ2n) is 5.46. The highest BCUT2D eigenvalue weighted by Gasteiger charge is 2.13. The van der Waals surface area contributed by atoms with Crippen molar-refractivity contribution >= 4 is 11.8 Å². The molecular formula is C16H21N5. The smallest absolute Gasteiger partial charge is 0.224 e. The van der Waals surface area contributed by atoms with Gasteiger partial charge in [-0.25, -0.2) is 4.98 Å². The third-order valence-electron chi connectivity index (χ3n) is 3.79. The summed E-state index contributed by atoms with van der Waals surface area (Å²) >= 11 is 0. The monoisotopic (exact) mass is 283 g/mol. The Bertz CT molecular complexity index is 552. The van der Waals surface area contributed by atoms with Gasteiger partial charge in [0.2, 0.25) is 5.95 Å². The molecule has 0 amide bonds. The molecule has 21 heavy (non-hydrogen) atoms. The first-order chi connectivity index (χ1) is 10.4. The molecule has 0 radical (unpaired) electrons. The van der Waals surface area contributed by atoms with E-state index < -0.39 is 0 Å². The molecule has 0 aliphatic heterocycles. The van der Waals surface area contributed by atoms with Gasteiger partial charge < -0.3 is 10.6 Å². The van der Waals surface area contributed by atoms with Crippen LogP contribution in [-0.2, 0) is 6.54 Å². The first-order valence-electron chi connectivity index (χ1n) is 7.62. The summed E-state index contributed by atoms with van der Waals surface area (Å²) < 4.78 is 0. The predicted molar refractivity (Wildman–Crippen MR) is 84.1 cm³/mol. The molecule has 0 unspecified atom stereocenters. The van der Waals surface area contributed by atoms with Gasteiger partial charge in [0.05, 0.1) is 0 Å². The second-order valence-corrected chi connectivity index (χ2v) is 5.46. The van der Waals surface area contributed by atoms with E-state index in [2.05, 4.69) is 25.6 Å². The van der Waals surface area contributed by atoms with Crippen molar-refractivity contribution in [2.45, 2.75) is 44.7 Å². The molecule has 0 spiro atoms. The Kier molecular flexibility index (Phi) is 4.61.